The number of pyridine rings is 1. The average Bonchev–Trinajstić information content (AvgIpc) is 2.83. The van der Waals surface area contributed by atoms with E-state index in [9.17, 15) is 4.79 Å². The van der Waals surface area contributed by atoms with Crippen LogP contribution in [0.25, 0.3) is 22.0 Å². The molecule has 4 rings (SSSR count). The van der Waals surface area contributed by atoms with Crippen molar-refractivity contribution in [1.29, 1.82) is 0 Å². The van der Waals surface area contributed by atoms with E-state index in [4.69, 9.17) is 9.72 Å². The van der Waals surface area contributed by atoms with Crippen molar-refractivity contribution < 1.29 is 9.53 Å². The van der Waals surface area contributed by atoms with Gasteiger partial charge < -0.3 is 14.5 Å². The first-order valence-electron chi connectivity index (χ1n) is 12.0. The zero-order valence-electron chi connectivity index (χ0n) is 20.3. The summed E-state index contributed by atoms with van der Waals surface area (Å²) in [5, 5.41) is 2.44. The quantitative estimate of drug-likeness (QED) is 0.463. The van der Waals surface area contributed by atoms with Crippen LogP contribution in [-0.2, 0) is 14.9 Å². The largest absolute Gasteiger partial charge is 0.466 e. The van der Waals surface area contributed by atoms with Crippen LogP contribution in [0.4, 0.5) is 5.82 Å². The SMILES string of the molecule is CCN1CCN(c2nc(-c3ccc(C(C)(C)CCOC(C)=O)cc3)cc3ccccc23)CC1. The van der Waals surface area contributed by atoms with E-state index < -0.39 is 0 Å². The van der Waals surface area contributed by atoms with E-state index in [1.54, 1.807) is 0 Å². The number of fused-ring (bicyclic) bond motifs is 1. The van der Waals surface area contributed by atoms with Crippen LogP contribution in [0.2, 0.25) is 0 Å². The first-order valence-corrected chi connectivity index (χ1v) is 12.0. The number of hydrogen-bond acceptors (Lipinski definition) is 5. The summed E-state index contributed by atoms with van der Waals surface area (Å²) >= 11 is 0. The van der Waals surface area contributed by atoms with Crippen LogP contribution in [0.15, 0.2) is 54.6 Å². The summed E-state index contributed by atoms with van der Waals surface area (Å²) in [5.74, 6) is 0.861. The molecule has 0 aliphatic carbocycles. The summed E-state index contributed by atoms with van der Waals surface area (Å²) in [6.07, 6.45) is 0.786. The van der Waals surface area contributed by atoms with Crippen molar-refractivity contribution in [3.05, 3.63) is 60.2 Å². The van der Waals surface area contributed by atoms with Crippen LogP contribution in [0.5, 0.6) is 0 Å². The Hall–Kier alpha value is -2.92. The Morgan fingerprint density at radius 2 is 1.73 bits per heavy atom. The summed E-state index contributed by atoms with van der Waals surface area (Å²) in [6.45, 7) is 13.8. The highest BCUT2D eigenvalue weighted by Gasteiger charge is 2.22. The number of esters is 1. The molecular formula is C28H35N3O2. The lowest BCUT2D eigenvalue weighted by Crippen LogP contribution is -2.46. The van der Waals surface area contributed by atoms with E-state index in [1.165, 1.54) is 23.3 Å². The van der Waals surface area contributed by atoms with Gasteiger partial charge in [0.2, 0.25) is 0 Å². The van der Waals surface area contributed by atoms with E-state index in [2.05, 4.69) is 85.2 Å². The second-order valence-electron chi connectivity index (χ2n) is 9.52. The molecule has 5 nitrogen and oxygen atoms in total. The van der Waals surface area contributed by atoms with Gasteiger partial charge in [0.1, 0.15) is 5.82 Å². The molecule has 0 bridgehead atoms. The van der Waals surface area contributed by atoms with Gasteiger partial charge in [-0.1, -0.05) is 69.3 Å². The molecule has 2 heterocycles. The Kier molecular flexibility index (Phi) is 6.99. The van der Waals surface area contributed by atoms with Crippen LogP contribution < -0.4 is 4.90 Å². The Labute approximate surface area is 197 Å². The number of likely N-dealkylation sites (N-methyl/N-ethyl adjacent to an activating group) is 1. The van der Waals surface area contributed by atoms with Crippen molar-refractivity contribution in [2.24, 2.45) is 0 Å². The lowest BCUT2D eigenvalue weighted by molar-refractivity contribution is -0.141. The molecule has 0 N–H and O–H groups in total. The zero-order chi connectivity index (χ0) is 23.4. The fourth-order valence-corrected chi connectivity index (χ4v) is 4.53. The summed E-state index contributed by atoms with van der Waals surface area (Å²) in [6, 6.07) is 19.4. The highest BCUT2D eigenvalue weighted by Crippen LogP contribution is 2.33. The van der Waals surface area contributed by atoms with E-state index >= 15 is 0 Å². The minimum atomic E-state index is -0.226. The number of nitrogens with zero attached hydrogens (tertiary/aromatic N) is 3. The molecule has 1 aliphatic rings. The van der Waals surface area contributed by atoms with Gasteiger partial charge >= 0.3 is 5.97 Å². The summed E-state index contributed by atoms with van der Waals surface area (Å²) in [4.78, 5) is 21.2. The number of benzene rings is 2. The third-order valence-electron chi connectivity index (χ3n) is 6.83. The molecule has 0 amide bonds. The molecule has 1 saturated heterocycles. The van der Waals surface area contributed by atoms with E-state index in [1.807, 2.05) is 0 Å². The van der Waals surface area contributed by atoms with Crippen molar-refractivity contribution in [2.45, 2.75) is 39.5 Å². The molecule has 0 saturated carbocycles. The lowest BCUT2D eigenvalue weighted by Gasteiger charge is -2.35. The Morgan fingerprint density at radius 3 is 2.39 bits per heavy atom. The molecule has 1 fully saturated rings. The molecule has 0 radical (unpaired) electrons. The van der Waals surface area contributed by atoms with Crippen LogP contribution in [0.1, 0.15) is 39.7 Å². The molecule has 3 aromatic rings. The Bertz CT molecular complexity index is 1100. The number of rotatable bonds is 7. The van der Waals surface area contributed by atoms with Crippen LogP contribution in [0.3, 0.4) is 0 Å². The van der Waals surface area contributed by atoms with Gasteiger partial charge in [0, 0.05) is 44.1 Å². The van der Waals surface area contributed by atoms with Gasteiger partial charge in [0.05, 0.1) is 12.3 Å². The topological polar surface area (TPSA) is 45.7 Å². The monoisotopic (exact) mass is 445 g/mol. The van der Waals surface area contributed by atoms with E-state index in [0.29, 0.717) is 6.61 Å². The number of piperazine rings is 1. The maximum absolute atomic E-state index is 11.1. The molecule has 0 atom stereocenters. The fraction of sp³-hybridized carbons (Fsp3) is 0.429. The fourth-order valence-electron chi connectivity index (χ4n) is 4.53. The minimum absolute atomic E-state index is 0.0745. The van der Waals surface area contributed by atoms with Gasteiger partial charge in [-0.25, -0.2) is 4.98 Å². The second-order valence-corrected chi connectivity index (χ2v) is 9.52. The molecule has 0 spiro atoms. The number of ether oxygens (including phenoxy) is 1. The number of anilines is 1. The molecule has 1 aliphatic heterocycles. The first-order chi connectivity index (χ1) is 15.9. The molecular weight excluding hydrogens is 410 g/mol. The van der Waals surface area contributed by atoms with Gasteiger partial charge in [-0.05, 0) is 35.4 Å². The van der Waals surface area contributed by atoms with Crippen molar-refractivity contribution in [3.8, 4) is 11.3 Å². The third-order valence-corrected chi connectivity index (χ3v) is 6.83. The standard InChI is InChI=1S/C28H35N3O2/c1-5-30-15-17-31(18-16-30)27-25-9-7-6-8-23(25)20-26(29-27)22-10-12-24(13-11-22)28(3,4)14-19-33-21(2)32/h6-13,20H,5,14-19H2,1-4H3. The molecule has 2 aromatic carbocycles. The first kappa shape index (κ1) is 23.2. The highest BCUT2D eigenvalue weighted by atomic mass is 16.5. The number of aromatic nitrogens is 1. The summed E-state index contributed by atoms with van der Waals surface area (Å²) in [5.41, 5.74) is 3.28. The molecule has 5 heteroatoms. The van der Waals surface area contributed by atoms with Gasteiger partial charge in [0.15, 0.2) is 0 Å². The maximum Gasteiger partial charge on any atom is 0.302 e. The summed E-state index contributed by atoms with van der Waals surface area (Å²) < 4.78 is 5.16. The molecule has 174 valence electrons. The smallest absolute Gasteiger partial charge is 0.302 e. The minimum Gasteiger partial charge on any atom is -0.466 e. The van der Waals surface area contributed by atoms with Gasteiger partial charge in [-0.2, -0.15) is 0 Å². The second kappa shape index (κ2) is 9.92. The Morgan fingerprint density at radius 1 is 1.03 bits per heavy atom. The highest BCUT2D eigenvalue weighted by molar-refractivity contribution is 5.95. The number of carbonyl (C=O) groups is 1. The predicted octanol–water partition coefficient (Wildman–Crippen LogP) is 5.27. The Balaban J connectivity index is 1.61. The summed E-state index contributed by atoms with van der Waals surface area (Å²) in [7, 11) is 0. The van der Waals surface area contributed by atoms with Crippen molar-refractivity contribution in [2.75, 3.05) is 44.2 Å². The molecule has 33 heavy (non-hydrogen) atoms. The zero-order valence-corrected chi connectivity index (χ0v) is 20.3. The van der Waals surface area contributed by atoms with Gasteiger partial charge in [-0.15, -0.1) is 0 Å². The van der Waals surface area contributed by atoms with Crippen LogP contribution in [0, 0.1) is 0 Å². The third kappa shape index (κ3) is 5.36. The van der Waals surface area contributed by atoms with Crippen LogP contribution >= 0.6 is 0 Å². The average molecular weight is 446 g/mol. The molecule has 1 aromatic heterocycles. The maximum atomic E-state index is 11.1. The van der Waals surface area contributed by atoms with E-state index in [0.717, 1.165) is 56.2 Å². The van der Waals surface area contributed by atoms with Crippen LogP contribution in [-0.4, -0.2) is 55.2 Å². The number of carbonyl (C=O) groups excluding carboxylic acids is 1. The van der Waals surface area contributed by atoms with Crippen molar-refractivity contribution >= 4 is 22.6 Å². The lowest BCUT2D eigenvalue weighted by atomic mass is 9.81. The predicted molar refractivity (Wildman–Crippen MR) is 136 cm³/mol. The van der Waals surface area contributed by atoms with Crippen molar-refractivity contribution in [1.82, 2.24) is 9.88 Å². The molecule has 0 unspecified atom stereocenters. The number of hydrogen-bond donors (Lipinski definition) is 0. The van der Waals surface area contributed by atoms with Gasteiger partial charge in [-0.3, -0.25) is 4.79 Å². The van der Waals surface area contributed by atoms with E-state index in [-0.39, 0.29) is 11.4 Å². The van der Waals surface area contributed by atoms with Crippen molar-refractivity contribution in [3.63, 3.8) is 0 Å². The normalized spacial score (nSPS) is 15.1. The van der Waals surface area contributed by atoms with Gasteiger partial charge in [0.25, 0.3) is 0 Å².